The van der Waals surface area contributed by atoms with E-state index in [2.05, 4.69) is 4.98 Å². The molecule has 21 heavy (non-hydrogen) atoms. The molecule has 2 aromatic rings. The molecule has 110 valence electrons. The number of H-pyrrole nitrogens is 1. The lowest BCUT2D eigenvalue weighted by Gasteiger charge is -2.16. The SMILES string of the molecule is O=c1[nH]cccc1-c1cccc(S(=O)(=O)N2CCCC2)c1. The maximum absolute atomic E-state index is 12.5. The molecule has 0 bridgehead atoms. The second-order valence-electron chi connectivity index (χ2n) is 5.05. The summed E-state index contributed by atoms with van der Waals surface area (Å²) >= 11 is 0. The van der Waals surface area contributed by atoms with Crippen LogP contribution in [0.5, 0.6) is 0 Å². The summed E-state index contributed by atoms with van der Waals surface area (Å²) in [5.41, 5.74) is 0.848. The smallest absolute Gasteiger partial charge is 0.255 e. The molecule has 5 nitrogen and oxygen atoms in total. The van der Waals surface area contributed by atoms with Crippen molar-refractivity contribution in [3.05, 3.63) is 52.9 Å². The Balaban J connectivity index is 2.05. The molecular weight excluding hydrogens is 288 g/mol. The molecular formula is C15H16N2O3S. The van der Waals surface area contributed by atoms with E-state index in [-0.39, 0.29) is 10.5 Å². The van der Waals surface area contributed by atoms with Crippen LogP contribution in [0.25, 0.3) is 11.1 Å². The molecule has 3 rings (SSSR count). The van der Waals surface area contributed by atoms with E-state index in [0.29, 0.717) is 24.2 Å². The maximum Gasteiger partial charge on any atom is 0.255 e. The molecule has 1 fully saturated rings. The summed E-state index contributed by atoms with van der Waals surface area (Å²) in [4.78, 5) is 14.7. The van der Waals surface area contributed by atoms with Crippen molar-refractivity contribution in [2.45, 2.75) is 17.7 Å². The molecule has 0 atom stereocenters. The zero-order valence-corrected chi connectivity index (χ0v) is 12.3. The molecule has 1 saturated heterocycles. The van der Waals surface area contributed by atoms with E-state index in [0.717, 1.165) is 12.8 Å². The first-order valence-electron chi connectivity index (χ1n) is 6.87. The number of benzene rings is 1. The molecule has 1 aliphatic heterocycles. The number of hydrogen-bond acceptors (Lipinski definition) is 3. The molecule has 1 aromatic carbocycles. The molecule has 2 heterocycles. The van der Waals surface area contributed by atoms with E-state index in [1.54, 1.807) is 42.6 Å². The van der Waals surface area contributed by atoms with Crippen LogP contribution in [-0.4, -0.2) is 30.8 Å². The summed E-state index contributed by atoms with van der Waals surface area (Å²) in [6, 6.07) is 9.96. The van der Waals surface area contributed by atoms with Gasteiger partial charge in [0.25, 0.3) is 5.56 Å². The largest absolute Gasteiger partial charge is 0.329 e. The zero-order valence-electron chi connectivity index (χ0n) is 11.5. The monoisotopic (exact) mass is 304 g/mol. The van der Waals surface area contributed by atoms with Gasteiger partial charge in [0.1, 0.15) is 0 Å². The average molecular weight is 304 g/mol. The quantitative estimate of drug-likeness (QED) is 0.940. The van der Waals surface area contributed by atoms with Gasteiger partial charge in [0.15, 0.2) is 0 Å². The maximum atomic E-state index is 12.5. The van der Waals surface area contributed by atoms with Gasteiger partial charge in [-0.25, -0.2) is 8.42 Å². The molecule has 1 aliphatic rings. The Bertz CT molecular complexity index is 805. The summed E-state index contributed by atoms with van der Waals surface area (Å²) < 4.78 is 26.6. The fourth-order valence-corrected chi connectivity index (χ4v) is 4.11. The highest BCUT2D eigenvalue weighted by Crippen LogP contribution is 2.24. The predicted molar refractivity (Wildman–Crippen MR) is 80.5 cm³/mol. The highest BCUT2D eigenvalue weighted by molar-refractivity contribution is 7.89. The van der Waals surface area contributed by atoms with Crippen LogP contribution in [0.1, 0.15) is 12.8 Å². The Morgan fingerprint density at radius 2 is 1.81 bits per heavy atom. The second-order valence-corrected chi connectivity index (χ2v) is 6.99. The number of aromatic nitrogens is 1. The lowest BCUT2D eigenvalue weighted by molar-refractivity contribution is 0.477. The highest BCUT2D eigenvalue weighted by atomic mass is 32.2. The Morgan fingerprint density at radius 3 is 2.52 bits per heavy atom. The van der Waals surface area contributed by atoms with Crippen molar-refractivity contribution in [1.82, 2.24) is 9.29 Å². The Kier molecular flexibility index (Phi) is 3.65. The van der Waals surface area contributed by atoms with Gasteiger partial charge in [0.2, 0.25) is 10.0 Å². The first-order chi connectivity index (χ1) is 10.1. The van der Waals surface area contributed by atoms with Crippen molar-refractivity contribution in [3.63, 3.8) is 0 Å². The molecule has 0 radical (unpaired) electrons. The van der Waals surface area contributed by atoms with Crippen molar-refractivity contribution in [1.29, 1.82) is 0 Å². The Morgan fingerprint density at radius 1 is 1.05 bits per heavy atom. The number of rotatable bonds is 3. The van der Waals surface area contributed by atoms with Crippen LogP contribution in [0.2, 0.25) is 0 Å². The lowest BCUT2D eigenvalue weighted by atomic mass is 10.1. The normalized spacial score (nSPS) is 16.2. The van der Waals surface area contributed by atoms with Crippen molar-refractivity contribution < 1.29 is 8.42 Å². The van der Waals surface area contributed by atoms with Gasteiger partial charge in [0, 0.05) is 24.8 Å². The van der Waals surface area contributed by atoms with E-state index in [9.17, 15) is 13.2 Å². The summed E-state index contributed by atoms with van der Waals surface area (Å²) in [7, 11) is -3.46. The first kappa shape index (κ1) is 14.0. The van der Waals surface area contributed by atoms with Crippen molar-refractivity contribution >= 4 is 10.0 Å². The van der Waals surface area contributed by atoms with Crippen LogP contribution in [0.4, 0.5) is 0 Å². The average Bonchev–Trinajstić information content (AvgIpc) is 3.03. The van der Waals surface area contributed by atoms with E-state index in [1.807, 2.05) is 0 Å². The van der Waals surface area contributed by atoms with Gasteiger partial charge >= 0.3 is 0 Å². The third-order valence-corrected chi connectivity index (χ3v) is 5.56. The molecule has 1 N–H and O–H groups in total. The molecule has 6 heteroatoms. The second kappa shape index (κ2) is 5.46. The number of nitrogens with one attached hydrogen (secondary N) is 1. The summed E-state index contributed by atoms with van der Waals surface area (Å²) in [6.45, 7) is 1.14. The molecule has 0 unspecified atom stereocenters. The van der Waals surface area contributed by atoms with E-state index < -0.39 is 10.0 Å². The molecule has 0 spiro atoms. The van der Waals surface area contributed by atoms with Crippen LogP contribution < -0.4 is 5.56 Å². The molecule has 0 saturated carbocycles. The van der Waals surface area contributed by atoms with Gasteiger partial charge in [-0.15, -0.1) is 0 Å². The minimum absolute atomic E-state index is 0.228. The first-order valence-corrected chi connectivity index (χ1v) is 8.31. The number of sulfonamides is 1. The summed E-state index contributed by atoms with van der Waals surface area (Å²) in [5, 5.41) is 0. The van der Waals surface area contributed by atoms with Crippen LogP contribution in [0.3, 0.4) is 0 Å². The van der Waals surface area contributed by atoms with E-state index >= 15 is 0 Å². The number of nitrogens with zero attached hydrogens (tertiary/aromatic N) is 1. The van der Waals surface area contributed by atoms with Gasteiger partial charge in [-0.2, -0.15) is 4.31 Å². The zero-order chi connectivity index (χ0) is 14.9. The van der Waals surface area contributed by atoms with Crippen molar-refractivity contribution in [2.75, 3.05) is 13.1 Å². The van der Waals surface area contributed by atoms with Gasteiger partial charge < -0.3 is 4.98 Å². The van der Waals surface area contributed by atoms with Gasteiger partial charge in [-0.1, -0.05) is 12.1 Å². The fourth-order valence-electron chi connectivity index (χ4n) is 2.55. The van der Waals surface area contributed by atoms with Crippen molar-refractivity contribution in [2.24, 2.45) is 0 Å². The molecule has 1 aromatic heterocycles. The van der Waals surface area contributed by atoms with E-state index in [4.69, 9.17) is 0 Å². The van der Waals surface area contributed by atoms with E-state index in [1.165, 1.54) is 4.31 Å². The Hall–Kier alpha value is -1.92. The highest BCUT2D eigenvalue weighted by Gasteiger charge is 2.27. The van der Waals surface area contributed by atoms with Crippen LogP contribution in [-0.2, 0) is 10.0 Å². The Labute approximate surface area is 123 Å². The molecule has 0 aliphatic carbocycles. The van der Waals surface area contributed by atoms with Crippen LogP contribution in [0, 0.1) is 0 Å². The fraction of sp³-hybridized carbons (Fsp3) is 0.267. The third-order valence-electron chi connectivity index (χ3n) is 3.67. The van der Waals surface area contributed by atoms with Gasteiger partial charge in [-0.3, -0.25) is 4.79 Å². The summed E-state index contributed by atoms with van der Waals surface area (Å²) in [6.07, 6.45) is 3.35. The summed E-state index contributed by atoms with van der Waals surface area (Å²) in [5.74, 6) is 0. The number of aromatic amines is 1. The van der Waals surface area contributed by atoms with Gasteiger partial charge in [-0.05, 0) is 42.7 Å². The number of hydrogen-bond donors (Lipinski definition) is 1. The van der Waals surface area contributed by atoms with Crippen LogP contribution >= 0.6 is 0 Å². The standard InChI is InChI=1S/C15H16N2O3S/c18-15-14(7-4-8-16-15)12-5-3-6-13(11-12)21(19,20)17-9-1-2-10-17/h3-8,11H,1-2,9-10H2,(H,16,18). The minimum atomic E-state index is -3.46. The predicted octanol–water partition coefficient (Wildman–Crippen LogP) is 1.83. The van der Waals surface area contributed by atoms with Gasteiger partial charge in [0.05, 0.1) is 4.90 Å². The third kappa shape index (κ3) is 2.64. The number of pyridine rings is 1. The minimum Gasteiger partial charge on any atom is -0.329 e. The molecule has 0 amide bonds. The van der Waals surface area contributed by atoms with Crippen LogP contribution in [0.15, 0.2) is 52.3 Å². The topological polar surface area (TPSA) is 70.2 Å². The van der Waals surface area contributed by atoms with Crippen molar-refractivity contribution in [3.8, 4) is 11.1 Å². The lowest BCUT2D eigenvalue weighted by Crippen LogP contribution is -2.27.